The maximum absolute atomic E-state index is 12.1. The molecule has 3 atom stereocenters. The van der Waals surface area contributed by atoms with Crippen molar-refractivity contribution < 1.29 is 19.2 Å². The fourth-order valence-corrected chi connectivity index (χ4v) is 2.74. The molecule has 0 aromatic rings. The van der Waals surface area contributed by atoms with Crippen LogP contribution in [0, 0.1) is 27.4 Å². The van der Waals surface area contributed by atoms with E-state index in [1.54, 1.807) is 0 Å². The molecule has 0 aromatic heterocycles. The summed E-state index contributed by atoms with van der Waals surface area (Å²) in [4.78, 5) is 33.8. The Bertz CT molecular complexity index is 521. The van der Waals surface area contributed by atoms with Crippen LogP contribution in [0.5, 0.6) is 0 Å². The highest BCUT2D eigenvalue weighted by atomic mass is 16.6. The zero-order valence-corrected chi connectivity index (χ0v) is 12.4. The smallest absolute Gasteiger partial charge is 0.316 e. The number of hydrogen-bond acceptors (Lipinski definition) is 6. The molecule has 2 aliphatic carbocycles. The van der Waals surface area contributed by atoms with Gasteiger partial charge in [0.2, 0.25) is 6.04 Å². The first kappa shape index (κ1) is 16.2. The Morgan fingerprint density at radius 1 is 1.41 bits per heavy atom. The van der Waals surface area contributed by atoms with Gasteiger partial charge in [-0.15, -0.1) is 0 Å². The van der Waals surface area contributed by atoms with E-state index in [0.29, 0.717) is 12.8 Å². The molecule has 0 aromatic carbocycles. The van der Waals surface area contributed by atoms with E-state index in [4.69, 9.17) is 4.74 Å². The third-order valence-corrected chi connectivity index (χ3v) is 4.28. The van der Waals surface area contributed by atoms with Gasteiger partial charge in [-0.25, -0.2) is 0 Å². The van der Waals surface area contributed by atoms with Crippen molar-refractivity contribution in [2.45, 2.75) is 63.1 Å². The Morgan fingerprint density at radius 3 is 2.55 bits per heavy atom. The number of nitro groups is 1. The quantitative estimate of drug-likeness (QED) is 0.458. The van der Waals surface area contributed by atoms with E-state index in [1.807, 2.05) is 0 Å². The molecule has 22 heavy (non-hydrogen) atoms. The van der Waals surface area contributed by atoms with Gasteiger partial charge in [-0.05, 0) is 19.8 Å². The molecule has 2 rings (SSSR count). The zero-order valence-electron chi connectivity index (χ0n) is 12.4. The van der Waals surface area contributed by atoms with E-state index in [2.05, 4.69) is 11.4 Å². The van der Waals surface area contributed by atoms with Gasteiger partial charge in [0.25, 0.3) is 5.91 Å². The molecule has 8 heteroatoms. The average molecular weight is 309 g/mol. The Kier molecular flexibility index (Phi) is 4.64. The number of nitrogens with one attached hydrogen (secondary N) is 1. The van der Waals surface area contributed by atoms with Crippen molar-refractivity contribution in [1.82, 2.24) is 5.32 Å². The summed E-state index contributed by atoms with van der Waals surface area (Å²) < 4.78 is 4.98. The third-order valence-electron chi connectivity index (χ3n) is 4.28. The predicted molar refractivity (Wildman–Crippen MR) is 74.0 cm³/mol. The van der Waals surface area contributed by atoms with Crippen LogP contribution in [0.2, 0.25) is 0 Å². The van der Waals surface area contributed by atoms with Gasteiger partial charge in [0.05, 0.1) is 6.07 Å². The first-order chi connectivity index (χ1) is 10.4. The molecule has 3 unspecified atom stereocenters. The van der Waals surface area contributed by atoms with Crippen molar-refractivity contribution in [1.29, 1.82) is 5.26 Å². The molecule has 0 bridgehead atoms. The van der Waals surface area contributed by atoms with Gasteiger partial charge >= 0.3 is 5.97 Å². The van der Waals surface area contributed by atoms with E-state index >= 15 is 0 Å². The van der Waals surface area contributed by atoms with Crippen molar-refractivity contribution in [2.75, 3.05) is 0 Å². The largest absolute Gasteiger partial charge is 0.452 e. The molecule has 0 radical (unpaired) electrons. The number of carbonyl (C=O) groups excluding carboxylic acids is 2. The lowest BCUT2D eigenvalue weighted by Crippen LogP contribution is -2.52. The highest BCUT2D eigenvalue weighted by molar-refractivity contribution is 5.85. The Balaban J connectivity index is 1.86. The second kappa shape index (κ2) is 6.30. The molecule has 2 fully saturated rings. The number of nitrogens with zero attached hydrogens (tertiary/aromatic N) is 2. The molecule has 0 spiro atoms. The van der Waals surface area contributed by atoms with E-state index in [0.717, 1.165) is 19.3 Å². The van der Waals surface area contributed by atoms with Crippen molar-refractivity contribution >= 4 is 11.9 Å². The Hall–Kier alpha value is -2.17. The van der Waals surface area contributed by atoms with Crippen molar-refractivity contribution in [3.63, 3.8) is 0 Å². The molecular weight excluding hydrogens is 290 g/mol. The summed E-state index contributed by atoms with van der Waals surface area (Å²) in [6.45, 7) is 1.41. The normalized spacial score (nSPS) is 27.1. The zero-order chi connectivity index (χ0) is 16.3. The molecular formula is C14H19N3O5. The van der Waals surface area contributed by atoms with Crippen LogP contribution in [0.1, 0.15) is 45.4 Å². The lowest BCUT2D eigenvalue weighted by atomic mass is 9.83. The summed E-state index contributed by atoms with van der Waals surface area (Å²) in [5, 5.41) is 22.5. The number of nitriles is 1. The number of rotatable bonds is 5. The lowest BCUT2D eigenvalue weighted by Gasteiger charge is -2.32. The molecule has 2 saturated carbocycles. The fourth-order valence-electron chi connectivity index (χ4n) is 2.74. The summed E-state index contributed by atoms with van der Waals surface area (Å²) in [7, 11) is 0. The number of ether oxygens (including phenoxy) is 1. The van der Waals surface area contributed by atoms with Gasteiger partial charge in [-0.3, -0.25) is 19.7 Å². The number of amides is 1. The molecule has 120 valence electrons. The highest BCUT2D eigenvalue weighted by Crippen LogP contribution is 2.34. The first-order valence-corrected chi connectivity index (χ1v) is 7.46. The van der Waals surface area contributed by atoms with Crippen LogP contribution in [-0.2, 0) is 14.3 Å². The molecule has 0 saturated heterocycles. The molecule has 0 heterocycles. The Labute approximate surface area is 128 Å². The second-order valence-corrected chi connectivity index (χ2v) is 6.02. The molecule has 0 aliphatic heterocycles. The van der Waals surface area contributed by atoms with Crippen molar-refractivity contribution in [2.24, 2.45) is 5.92 Å². The van der Waals surface area contributed by atoms with Crippen molar-refractivity contribution in [3.8, 4) is 6.07 Å². The Morgan fingerprint density at radius 2 is 2.05 bits per heavy atom. The maximum Gasteiger partial charge on any atom is 0.316 e. The van der Waals surface area contributed by atoms with Gasteiger partial charge in [0, 0.05) is 11.3 Å². The standard InChI is InChI=1S/C14H19N3O5/c1-9(22-13(19)10-7-11(10)17(20)21)12(18)16-14(8-15)5-3-2-4-6-14/h9-11H,2-7H2,1H3,(H,16,18). The number of esters is 1. The SMILES string of the molecule is CC(OC(=O)C1CC1[N+](=O)[O-])C(=O)NC1(C#N)CCCCC1. The first-order valence-electron chi connectivity index (χ1n) is 7.46. The van der Waals surface area contributed by atoms with Crippen LogP contribution in [0.3, 0.4) is 0 Å². The predicted octanol–water partition coefficient (Wildman–Crippen LogP) is 0.926. The van der Waals surface area contributed by atoms with Gasteiger partial charge in [-0.2, -0.15) is 5.26 Å². The lowest BCUT2D eigenvalue weighted by molar-refractivity contribution is -0.497. The minimum atomic E-state index is -1.06. The number of hydrogen-bond donors (Lipinski definition) is 1. The number of carbonyl (C=O) groups is 2. The van der Waals surface area contributed by atoms with Crippen molar-refractivity contribution in [3.05, 3.63) is 10.1 Å². The van der Waals surface area contributed by atoms with Gasteiger partial charge in [-0.1, -0.05) is 19.3 Å². The molecule has 2 aliphatic rings. The average Bonchev–Trinajstić information content (AvgIpc) is 3.28. The van der Waals surface area contributed by atoms with Crippen LogP contribution < -0.4 is 5.32 Å². The van der Waals surface area contributed by atoms with E-state index in [-0.39, 0.29) is 6.42 Å². The minimum Gasteiger partial charge on any atom is -0.452 e. The van der Waals surface area contributed by atoms with Gasteiger partial charge in [0.1, 0.15) is 11.5 Å². The van der Waals surface area contributed by atoms with E-state index in [1.165, 1.54) is 6.92 Å². The van der Waals surface area contributed by atoms with Crippen LogP contribution >= 0.6 is 0 Å². The minimum absolute atomic E-state index is 0.155. The second-order valence-electron chi connectivity index (χ2n) is 6.02. The monoisotopic (exact) mass is 309 g/mol. The summed E-state index contributed by atoms with van der Waals surface area (Å²) in [6, 6.07) is 1.26. The maximum atomic E-state index is 12.1. The van der Waals surface area contributed by atoms with E-state index in [9.17, 15) is 25.0 Å². The van der Waals surface area contributed by atoms with Crippen LogP contribution in [0.25, 0.3) is 0 Å². The van der Waals surface area contributed by atoms with Gasteiger partial charge in [0.15, 0.2) is 6.10 Å². The third kappa shape index (κ3) is 3.53. The summed E-state index contributed by atoms with van der Waals surface area (Å²) in [5.41, 5.74) is -0.890. The van der Waals surface area contributed by atoms with Crippen LogP contribution in [0.4, 0.5) is 0 Å². The fraction of sp³-hybridized carbons (Fsp3) is 0.786. The molecule has 1 N–H and O–H groups in total. The highest BCUT2D eigenvalue weighted by Gasteiger charge is 2.55. The summed E-state index contributed by atoms with van der Waals surface area (Å²) >= 11 is 0. The molecule has 1 amide bonds. The van der Waals surface area contributed by atoms with Crippen LogP contribution in [-0.4, -0.2) is 34.5 Å². The summed E-state index contributed by atoms with van der Waals surface area (Å²) in [5.74, 6) is -2.01. The van der Waals surface area contributed by atoms with E-state index < -0.39 is 40.4 Å². The molecule has 8 nitrogen and oxygen atoms in total. The summed E-state index contributed by atoms with van der Waals surface area (Å²) in [6.07, 6.45) is 3.04. The topological polar surface area (TPSA) is 122 Å². The van der Waals surface area contributed by atoms with Gasteiger partial charge < -0.3 is 10.1 Å². The van der Waals surface area contributed by atoms with Crippen LogP contribution in [0.15, 0.2) is 0 Å².